The molecule has 2 aromatic carbocycles. The second kappa shape index (κ2) is 9.69. The summed E-state index contributed by atoms with van der Waals surface area (Å²) in [7, 11) is 0. The van der Waals surface area contributed by atoms with Crippen molar-refractivity contribution >= 4 is 34.8 Å². The van der Waals surface area contributed by atoms with Gasteiger partial charge in [0.25, 0.3) is 0 Å². The van der Waals surface area contributed by atoms with E-state index in [0.717, 1.165) is 16.8 Å². The molecule has 0 saturated carbocycles. The van der Waals surface area contributed by atoms with Crippen molar-refractivity contribution in [2.75, 3.05) is 10.6 Å². The fourth-order valence-electron chi connectivity index (χ4n) is 3.06. The van der Waals surface area contributed by atoms with Crippen LogP contribution in [0.1, 0.15) is 11.1 Å². The normalized spacial score (nSPS) is 10.2. The summed E-state index contributed by atoms with van der Waals surface area (Å²) in [5, 5.41) is 16.0. The maximum Gasteiger partial charge on any atom is 0.228 e. The smallest absolute Gasteiger partial charge is 0.228 e. The topological polar surface area (TPSA) is 104 Å². The molecule has 7 nitrogen and oxygen atoms in total. The van der Waals surface area contributed by atoms with Crippen molar-refractivity contribution < 1.29 is 4.79 Å². The molecule has 0 fully saturated rings. The maximum absolute atomic E-state index is 12.5. The van der Waals surface area contributed by atoms with Gasteiger partial charge in [0, 0.05) is 34.9 Å². The number of hydrogen-bond acceptors (Lipinski definition) is 6. The minimum Gasteiger partial charge on any atom is -0.325 e. The number of carbonyl (C=O) groups excluding carboxylic acids is 1. The van der Waals surface area contributed by atoms with Gasteiger partial charge in [0.2, 0.25) is 11.9 Å². The van der Waals surface area contributed by atoms with Crippen molar-refractivity contribution in [3.8, 4) is 17.3 Å². The van der Waals surface area contributed by atoms with E-state index < -0.39 is 0 Å². The molecule has 2 heterocycles. The average Bonchev–Trinajstić information content (AvgIpc) is 2.81. The molecule has 0 atom stereocenters. The lowest BCUT2D eigenvalue weighted by Gasteiger charge is -2.10. The highest BCUT2D eigenvalue weighted by molar-refractivity contribution is 6.31. The molecule has 0 spiro atoms. The van der Waals surface area contributed by atoms with Gasteiger partial charge < -0.3 is 10.6 Å². The number of pyridine rings is 1. The van der Waals surface area contributed by atoms with Crippen LogP contribution in [0.4, 0.5) is 17.3 Å². The summed E-state index contributed by atoms with van der Waals surface area (Å²) in [5.41, 5.74) is 3.66. The molecule has 2 N–H and O–H groups in total. The molecule has 8 heteroatoms. The van der Waals surface area contributed by atoms with Gasteiger partial charge in [-0.05, 0) is 42.0 Å². The lowest BCUT2D eigenvalue weighted by molar-refractivity contribution is -0.115. The summed E-state index contributed by atoms with van der Waals surface area (Å²) in [6.07, 6.45) is 5.09. The van der Waals surface area contributed by atoms with Gasteiger partial charge in [-0.1, -0.05) is 35.9 Å². The zero-order chi connectivity index (χ0) is 22.3. The summed E-state index contributed by atoms with van der Waals surface area (Å²) in [6.45, 7) is 0. The van der Waals surface area contributed by atoms with Gasteiger partial charge in [-0.15, -0.1) is 0 Å². The number of nitrogens with one attached hydrogen (secondary N) is 2. The number of rotatable bonds is 6. The summed E-state index contributed by atoms with van der Waals surface area (Å²) < 4.78 is 0. The van der Waals surface area contributed by atoms with Crippen LogP contribution in [0.25, 0.3) is 11.3 Å². The SMILES string of the molecule is N#Cc1cc(-c2ccnc(Nc3ccncc3)n2)ccc1NC(=O)Cc1ccccc1Cl. The van der Waals surface area contributed by atoms with Gasteiger partial charge in [-0.2, -0.15) is 5.26 Å². The maximum atomic E-state index is 12.5. The van der Waals surface area contributed by atoms with E-state index in [0.29, 0.717) is 27.9 Å². The number of halogens is 1. The first-order valence-corrected chi connectivity index (χ1v) is 10.1. The summed E-state index contributed by atoms with van der Waals surface area (Å²) in [6, 6.07) is 19.8. The molecule has 0 unspecified atom stereocenters. The van der Waals surface area contributed by atoms with Crippen LogP contribution in [-0.2, 0) is 11.2 Å². The van der Waals surface area contributed by atoms with Crippen LogP contribution in [0.15, 0.2) is 79.3 Å². The van der Waals surface area contributed by atoms with E-state index >= 15 is 0 Å². The number of aromatic nitrogens is 3. The van der Waals surface area contributed by atoms with E-state index in [1.807, 2.05) is 18.2 Å². The van der Waals surface area contributed by atoms with E-state index in [9.17, 15) is 10.1 Å². The highest BCUT2D eigenvalue weighted by Gasteiger charge is 2.12. The molecule has 4 aromatic rings. The molecule has 156 valence electrons. The van der Waals surface area contributed by atoms with E-state index in [2.05, 4.69) is 31.7 Å². The third-order valence-electron chi connectivity index (χ3n) is 4.61. The first-order valence-electron chi connectivity index (χ1n) is 9.70. The molecule has 4 rings (SSSR count). The van der Waals surface area contributed by atoms with Crippen LogP contribution in [0.3, 0.4) is 0 Å². The number of nitriles is 1. The minimum atomic E-state index is -0.256. The molecule has 0 aliphatic carbocycles. The first kappa shape index (κ1) is 21.0. The molecule has 0 aliphatic heterocycles. The summed E-state index contributed by atoms with van der Waals surface area (Å²) >= 11 is 6.13. The Labute approximate surface area is 189 Å². The number of benzene rings is 2. The van der Waals surface area contributed by atoms with Gasteiger partial charge in [-0.3, -0.25) is 9.78 Å². The Morgan fingerprint density at radius 2 is 1.84 bits per heavy atom. The fraction of sp³-hybridized carbons (Fsp3) is 0.0417. The Kier molecular flexibility index (Phi) is 6.35. The molecule has 0 bridgehead atoms. The largest absolute Gasteiger partial charge is 0.325 e. The van der Waals surface area contributed by atoms with Crippen LogP contribution in [0.5, 0.6) is 0 Å². The van der Waals surface area contributed by atoms with Crippen molar-refractivity contribution in [3.05, 3.63) is 95.4 Å². The van der Waals surface area contributed by atoms with Gasteiger partial charge in [0.1, 0.15) is 6.07 Å². The molecule has 0 radical (unpaired) electrons. The monoisotopic (exact) mass is 440 g/mol. The number of amides is 1. The molecule has 1 amide bonds. The van der Waals surface area contributed by atoms with Gasteiger partial charge >= 0.3 is 0 Å². The van der Waals surface area contributed by atoms with Crippen LogP contribution >= 0.6 is 11.6 Å². The van der Waals surface area contributed by atoms with Crippen LogP contribution in [-0.4, -0.2) is 20.9 Å². The Morgan fingerprint density at radius 3 is 2.62 bits per heavy atom. The Bertz CT molecular complexity index is 1300. The molecule has 0 aliphatic rings. The third kappa shape index (κ3) is 5.06. The van der Waals surface area contributed by atoms with E-state index in [1.165, 1.54) is 0 Å². The minimum absolute atomic E-state index is 0.113. The third-order valence-corrected chi connectivity index (χ3v) is 4.98. The Balaban J connectivity index is 1.52. The predicted octanol–water partition coefficient (Wildman–Crippen LogP) is 4.99. The van der Waals surface area contributed by atoms with Crippen LogP contribution in [0, 0.1) is 11.3 Å². The Morgan fingerprint density at radius 1 is 1.03 bits per heavy atom. The van der Waals surface area contributed by atoms with Crippen molar-refractivity contribution in [1.29, 1.82) is 5.26 Å². The van der Waals surface area contributed by atoms with Crippen LogP contribution in [0.2, 0.25) is 5.02 Å². The molecule has 0 saturated heterocycles. The molecule has 32 heavy (non-hydrogen) atoms. The average molecular weight is 441 g/mol. The zero-order valence-electron chi connectivity index (χ0n) is 16.8. The number of hydrogen-bond donors (Lipinski definition) is 2. The van der Waals surface area contributed by atoms with E-state index in [4.69, 9.17) is 11.6 Å². The number of carbonyl (C=O) groups is 1. The van der Waals surface area contributed by atoms with E-state index in [1.54, 1.807) is 61.1 Å². The molecular weight excluding hydrogens is 424 g/mol. The molecular formula is C24H17ClN6O. The summed E-state index contributed by atoms with van der Waals surface area (Å²) in [4.78, 5) is 25.2. The number of anilines is 3. The standard InChI is InChI=1S/C24H17ClN6O/c25-20-4-2-1-3-16(20)14-23(32)30-21-6-5-17(13-18(21)15-26)22-9-12-28-24(31-22)29-19-7-10-27-11-8-19/h1-13H,14H2,(H,30,32)(H,27,28,29,31). The van der Waals surface area contributed by atoms with Crippen molar-refractivity contribution in [3.63, 3.8) is 0 Å². The second-order valence-electron chi connectivity index (χ2n) is 6.81. The second-order valence-corrected chi connectivity index (χ2v) is 7.22. The highest BCUT2D eigenvalue weighted by Crippen LogP contribution is 2.25. The first-order chi connectivity index (χ1) is 15.6. The van der Waals surface area contributed by atoms with E-state index in [-0.39, 0.29) is 12.3 Å². The van der Waals surface area contributed by atoms with Crippen molar-refractivity contribution in [2.24, 2.45) is 0 Å². The van der Waals surface area contributed by atoms with Gasteiger partial charge in [-0.25, -0.2) is 9.97 Å². The highest BCUT2D eigenvalue weighted by atomic mass is 35.5. The van der Waals surface area contributed by atoms with Crippen molar-refractivity contribution in [1.82, 2.24) is 15.0 Å². The lowest BCUT2D eigenvalue weighted by atomic mass is 10.1. The fourth-order valence-corrected chi connectivity index (χ4v) is 3.26. The number of nitrogens with zero attached hydrogens (tertiary/aromatic N) is 4. The zero-order valence-corrected chi connectivity index (χ0v) is 17.5. The van der Waals surface area contributed by atoms with Crippen molar-refractivity contribution in [2.45, 2.75) is 6.42 Å². The quantitative estimate of drug-likeness (QED) is 0.437. The van der Waals surface area contributed by atoms with Gasteiger partial charge in [0.05, 0.1) is 23.4 Å². The predicted molar refractivity (Wildman–Crippen MR) is 123 cm³/mol. The van der Waals surface area contributed by atoms with Crippen LogP contribution < -0.4 is 10.6 Å². The molecule has 2 aromatic heterocycles. The van der Waals surface area contributed by atoms with Gasteiger partial charge in [0.15, 0.2) is 0 Å². The summed E-state index contributed by atoms with van der Waals surface area (Å²) in [5.74, 6) is 0.164. The Hall–Kier alpha value is -4.28. The lowest BCUT2D eigenvalue weighted by Crippen LogP contribution is -2.15.